The standard InChI is InChI=1S/C13H13F4NO2/c1-12(2)6-20-11(19)18-10(12)8-4-3-7(5-9(8)14)13(15,16)17/h3-5,10H,6H2,1-2H3,(H,18,19)/t10-/m1/s1. The highest BCUT2D eigenvalue weighted by atomic mass is 19.4. The molecule has 1 saturated heterocycles. The second-order valence-corrected chi connectivity index (χ2v) is 5.38. The highest BCUT2D eigenvalue weighted by Crippen LogP contribution is 2.39. The average Bonchev–Trinajstić information content (AvgIpc) is 2.31. The van der Waals surface area contributed by atoms with Crippen LogP contribution < -0.4 is 5.32 Å². The number of rotatable bonds is 1. The van der Waals surface area contributed by atoms with Crippen LogP contribution in [0, 0.1) is 11.2 Å². The molecule has 20 heavy (non-hydrogen) atoms. The van der Waals surface area contributed by atoms with Gasteiger partial charge in [-0.25, -0.2) is 9.18 Å². The topological polar surface area (TPSA) is 38.3 Å². The van der Waals surface area contributed by atoms with Crippen LogP contribution in [0.25, 0.3) is 0 Å². The highest BCUT2D eigenvalue weighted by Gasteiger charge is 2.40. The van der Waals surface area contributed by atoms with Gasteiger partial charge in [-0.3, -0.25) is 0 Å². The number of alkyl halides is 3. The molecule has 0 radical (unpaired) electrons. The van der Waals surface area contributed by atoms with Crippen LogP contribution in [-0.4, -0.2) is 12.7 Å². The van der Waals surface area contributed by atoms with Crippen LogP contribution in [-0.2, 0) is 10.9 Å². The molecule has 3 nitrogen and oxygen atoms in total. The molecule has 2 rings (SSSR count). The molecule has 0 bridgehead atoms. The van der Waals surface area contributed by atoms with Crippen molar-refractivity contribution in [3.8, 4) is 0 Å². The fourth-order valence-electron chi connectivity index (χ4n) is 2.13. The third-order valence-electron chi connectivity index (χ3n) is 3.26. The molecule has 1 aromatic carbocycles. The number of hydrogen-bond donors (Lipinski definition) is 1. The maximum absolute atomic E-state index is 13.9. The van der Waals surface area contributed by atoms with Crippen molar-refractivity contribution >= 4 is 6.09 Å². The molecular formula is C13H13F4NO2. The quantitative estimate of drug-likeness (QED) is 0.802. The van der Waals surface area contributed by atoms with E-state index in [1.807, 2.05) is 0 Å². The number of cyclic esters (lactones) is 1. The molecule has 0 aromatic heterocycles. The van der Waals surface area contributed by atoms with Gasteiger partial charge in [0.25, 0.3) is 0 Å². The lowest BCUT2D eigenvalue weighted by Crippen LogP contribution is -2.47. The number of benzene rings is 1. The Labute approximate surface area is 112 Å². The van der Waals surface area contributed by atoms with E-state index in [0.717, 1.165) is 12.1 Å². The Kier molecular flexibility index (Phi) is 3.39. The van der Waals surface area contributed by atoms with E-state index in [2.05, 4.69) is 5.32 Å². The first-order valence-electron chi connectivity index (χ1n) is 5.91. The third-order valence-corrected chi connectivity index (χ3v) is 3.26. The monoisotopic (exact) mass is 291 g/mol. The zero-order valence-electron chi connectivity index (χ0n) is 10.8. The fraction of sp³-hybridized carbons (Fsp3) is 0.462. The fourth-order valence-corrected chi connectivity index (χ4v) is 2.13. The number of nitrogens with one attached hydrogen (secondary N) is 1. The first-order valence-corrected chi connectivity index (χ1v) is 5.91. The number of ether oxygens (including phenoxy) is 1. The number of amides is 1. The number of carbonyl (C=O) groups is 1. The first-order chi connectivity index (χ1) is 9.11. The predicted octanol–water partition coefficient (Wildman–Crippen LogP) is 3.65. The van der Waals surface area contributed by atoms with Gasteiger partial charge in [-0.2, -0.15) is 13.2 Å². The van der Waals surface area contributed by atoms with E-state index < -0.39 is 35.1 Å². The molecule has 110 valence electrons. The lowest BCUT2D eigenvalue weighted by molar-refractivity contribution is -0.137. The minimum atomic E-state index is -4.60. The van der Waals surface area contributed by atoms with Crippen molar-refractivity contribution in [2.24, 2.45) is 5.41 Å². The summed E-state index contributed by atoms with van der Waals surface area (Å²) in [6, 6.07) is 1.55. The molecule has 0 spiro atoms. The minimum Gasteiger partial charge on any atom is -0.449 e. The Bertz CT molecular complexity index is 540. The Morgan fingerprint density at radius 2 is 2.00 bits per heavy atom. The molecule has 1 aliphatic rings. The third kappa shape index (κ3) is 2.71. The van der Waals surface area contributed by atoms with E-state index in [-0.39, 0.29) is 12.2 Å². The van der Waals surface area contributed by atoms with Gasteiger partial charge in [-0.15, -0.1) is 0 Å². The van der Waals surface area contributed by atoms with Gasteiger partial charge >= 0.3 is 12.3 Å². The van der Waals surface area contributed by atoms with Gasteiger partial charge in [-0.05, 0) is 12.1 Å². The molecule has 0 aliphatic carbocycles. The molecule has 0 unspecified atom stereocenters. The van der Waals surface area contributed by atoms with Crippen LogP contribution >= 0.6 is 0 Å². The summed E-state index contributed by atoms with van der Waals surface area (Å²) in [6.07, 6.45) is -5.32. The number of carbonyl (C=O) groups excluding carboxylic acids is 1. The molecule has 1 aromatic rings. The lowest BCUT2D eigenvalue weighted by atomic mass is 9.80. The van der Waals surface area contributed by atoms with Crippen LogP contribution in [0.4, 0.5) is 22.4 Å². The Morgan fingerprint density at radius 1 is 1.35 bits per heavy atom. The van der Waals surface area contributed by atoms with E-state index in [9.17, 15) is 22.4 Å². The molecule has 1 amide bonds. The minimum absolute atomic E-state index is 0.0136. The summed E-state index contributed by atoms with van der Waals surface area (Å²) in [5.74, 6) is -1.000. The van der Waals surface area contributed by atoms with Crippen LogP contribution in [0.15, 0.2) is 18.2 Å². The SMILES string of the molecule is CC1(C)COC(=O)N[C@@H]1c1ccc(C(F)(F)F)cc1F. The van der Waals surface area contributed by atoms with Crippen molar-refractivity contribution in [3.63, 3.8) is 0 Å². The van der Waals surface area contributed by atoms with Gasteiger partial charge in [-0.1, -0.05) is 19.9 Å². The van der Waals surface area contributed by atoms with Gasteiger partial charge in [0.1, 0.15) is 12.4 Å². The van der Waals surface area contributed by atoms with Crippen molar-refractivity contribution in [3.05, 3.63) is 35.1 Å². The zero-order chi connectivity index (χ0) is 15.1. The van der Waals surface area contributed by atoms with Crippen molar-refractivity contribution in [2.75, 3.05) is 6.61 Å². The molecule has 7 heteroatoms. The highest BCUT2D eigenvalue weighted by molar-refractivity contribution is 5.69. The summed E-state index contributed by atoms with van der Waals surface area (Å²) in [6.45, 7) is 3.52. The normalized spacial score (nSPS) is 22.1. The largest absolute Gasteiger partial charge is 0.449 e. The molecule has 1 heterocycles. The smallest absolute Gasteiger partial charge is 0.416 e. The summed E-state index contributed by atoms with van der Waals surface area (Å²) in [7, 11) is 0. The van der Waals surface area contributed by atoms with Crippen molar-refractivity contribution in [1.82, 2.24) is 5.32 Å². The van der Waals surface area contributed by atoms with E-state index in [1.54, 1.807) is 13.8 Å². The van der Waals surface area contributed by atoms with Crippen LogP contribution in [0.2, 0.25) is 0 Å². The van der Waals surface area contributed by atoms with E-state index in [1.165, 1.54) is 0 Å². The maximum Gasteiger partial charge on any atom is 0.416 e. The van der Waals surface area contributed by atoms with Gasteiger partial charge in [0, 0.05) is 11.0 Å². The first kappa shape index (κ1) is 14.6. The summed E-state index contributed by atoms with van der Waals surface area (Å²) >= 11 is 0. The Balaban J connectivity index is 2.40. The van der Waals surface area contributed by atoms with E-state index >= 15 is 0 Å². The number of alkyl carbamates (subject to hydrolysis) is 1. The molecule has 1 aliphatic heterocycles. The number of hydrogen-bond acceptors (Lipinski definition) is 2. The van der Waals surface area contributed by atoms with Crippen molar-refractivity contribution < 1.29 is 27.1 Å². The summed E-state index contributed by atoms with van der Waals surface area (Å²) in [5.41, 5.74) is -1.68. The van der Waals surface area contributed by atoms with E-state index in [0.29, 0.717) is 6.07 Å². The second-order valence-electron chi connectivity index (χ2n) is 5.38. The predicted molar refractivity (Wildman–Crippen MR) is 62.4 cm³/mol. The molecule has 1 atom stereocenters. The van der Waals surface area contributed by atoms with Gasteiger partial charge in [0.05, 0.1) is 11.6 Å². The molecule has 1 fully saturated rings. The van der Waals surface area contributed by atoms with Gasteiger partial charge in [0.15, 0.2) is 0 Å². The van der Waals surface area contributed by atoms with Gasteiger partial charge < -0.3 is 10.1 Å². The van der Waals surface area contributed by atoms with Crippen LogP contribution in [0.3, 0.4) is 0 Å². The molecule has 1 N–H and O–H groups in total. The lowest BCUT2D eigenvalue weighted by Gasteiger charge is -2.38. The van der Waals surface area contributed by atoms with E-state index in [4.69, 9.17) is 4.74 Å². The Hall–Kier alpha value is -1.79. The Morgan fingerprint density at radius 3 is 2.55 bits per heavy atom. The summed E-state index contributed by atoms with van der Waals surface area (Å²) < 4.78 is 56.3. The van der Waals surface area contributed by atoms with Crippen LogP contribution in [0.1, 0.15) is 31.0 Å². The van der Waals surface area contributed by atoms with Crippen molar-refractivity contribution in [1.29, 1.82) is 0 Å². The van der Waals surface area contributed by atoms with Crippen LogP contribution in [0.5, 0.6) is 0 Å². The second kappa shape index (κ2) is 4.64. The zero-order valence-corrected chi connectivity index (χ0v) is 10.8. The average molecular weight is 291 g/mol. The summed E-state index contributed by atoms with van der Waals surface area (Å²) in [5, 5.41) is 2.44. The maximum atomic E-state index is 13.9. The number of halogens is 4. The molecule has 0 saturated carbocycles. The summed E-state index contributed by atoms with van der Waals surface area (Å²) in [4.78, 5) is 11.2. The van der Waals surface area contributed by atoms with Gasteiger partial charge in [0.2, 0.25) is 0 Å². The van der Waals surface area contributed by atoms with Crippen molar-refractivity contribution in [2.45, 2.75) is 26.1 Å². The molecular weight excluding hydrogens is 278 g/mol.